The Hall–Kier alpha value is -4.02. The third-order valence-corrected chi connectivity index (χ3v) is 6.79. The van der Waals surface area contributed by atoms with Gasteiger partial charge in [0, 0.05) is 24.3 Å². The van der Waals surface area contributed by atoms with Crippen LogP contribution in [0, 0.1) is 13.8 Å². The van der Waals surface area contributed by atoms with E-state index in [1.54, 1.807) is 35.6 Å². The summed E-state index contributed by atoms with van der Waals surface area (Å²) in [5, 5.41) is 18.7. The number of carbonyl (C=O) groups is 1. The van der Waals surface area contributed by atoms with Gasteiger partial charge in [-0.1, -0.05) is 0 Å². The van der Waals surface area contributed by atoms with Gasteiger partial charge in [-0.05, 0) is 78.4 Å². The molecule has 5 rings (SSSR count). The number of nitrogens with one attached hydrogen (secondary N) is 2. The first-order valence-corrected chi connectivity index (χ1v) is 12.4. The highest BCUT2D eigenvalue weighted by molar-refractivity contribution is 7.17. The molecule has 9 nitrogen and oxygen atoms in total. The number of aromatic nitrogens is 2. The van der Waals surface area contributed by atoms with Crippen LogP contribution in [-0.4, -0.2) is 53.6 Å². The van der Waals surface area contributed by atoms with E-state index in [9.17, 15) is 9.90 Å². The molecular formula is C26H26N6O3S. The van der Waals surface area contributed by atoms with Gasteiger partial charge in [0.1, 0.15) is 5.75 Å². The summed E-state index contributed by atoms with van der Waals surface area (Å²) < 4.78 is 6.57. The van der Waals surface area contributed by atoms with Crippen molar-refractivity contribution in [1.82, 2.24) is 15.4 Å². The largest absolute Gasteiger partial charge is 0.507 e. The van der Waals surface area contributed by atoms with Gasteiger partial charge in [0.2, 0.25) is 0 Å². The molecule has 1 saturated heterocycles. The number of phenolic OH excluding ortho intramolecular Hbond substituents is 1. The number of morpholine rings is 1. The van der Waals surface area contributed by atoms with Gasteiger partial charge < -0.3 is 20.1 Å². The first-order valence-electron chi connectivity index (χ1n) is 11.6. The van der Waals surface area contributed by atoms with E-state index in [-0.39, 0.29) is 5.75 Å². The molecule has 0 radical (unpaired) electrons. The number of fused-ring (bicyclic) bond motifs is 1. The molecule has 10 heteroatoms. The summed E-state index contributed by atoms with van der Waals surface area (Å²) in [6.07, 6.45) is 1.53. The lowest BCUT2D eigenvalue weighted by Gasteiger charge is -2.28. The van der Waals surface area contributed by atoms with E-state index >= 15 is 0 Å². The molecule has 1 aliphatic heterocycles. The number of nitrogens with zero attached hydrogens (tertiary/aromatic N) is 4. The van der Waals surface area contributed by atoms with Crippen LogP contribution in [0.5, 0.6) is 5.75 Å². The van der Waals surface area contributed by atoms with Crippen LogP contribution >= 0.6 is 11.3 Å². The zero-order chi connectivity index (χ0) is 25.1. The van der Waals surface area contributed by atoms with E-state index in [4.69, 9.17) is 14.7 Å². The van der Waals surface area contributed by atoms with Gasteiger partial charge >= 0.3 is 6.03 Å². The highest BCUT2D eigenvalue weighted by Crippen LogP contribution is 2.32. The monoisotopic (exact) mass is 502 g/mol. The molecule has 3 N–H and O–H groups in total. The number of rotatable bonds is 5. The molecule has 2 aromatic carbocycles. The number of hydrogen-bond acceptors (Lipinski definition) is 8. The Bertz CT molecular complexity index is 1400. The van der Waals surface area contributed by atoms with Gasteiger partial charge in [-0.2, -0.15) is 5.10 Å². The molecule has 0 saturated carbocycles. The number of phenols is 1. The van der Waals surface area contributed by atoms with Crippen molar-refractivity contribution in [2.45, 2.75) is 13.8 Å². The Labute approximate surface area is 212 Å². The number of anilines is 2. The van der Waals surface area contributed by atoms with Gasteiger partial charge in [0.15, 0.2) is 11.6 Å². The number of amides is 2. The third kappa shape index (κ3) is 5.14. The van der Waals surface area contributed by atoms with Crippen molar-refractivity contribution in [1.29, 1.82) is 0 Å². The molecule has 2 aromatic heterocycles. The number of aryl methyl sites for hydroxylation is 2. The summed E-state index contributed by atoms with van der Waals surface area (Å²) >= 11 is 1.64. The van der Waals surface area contributed by atoms with Crippen molar-refractivity contribution >= 4 is 45.3 Å². The average Bonchev–Trinajstić information content (AvgIpc) is 3.36. The first-order chi connectivity index (χ1) is 17.5. The van der Waals surface area contributed by atoms with Gasteiger partial charge in [0.05, 0.1) is 29.6 Å². The summed E-state index contributed by atoms with van der Waals surface area (Å²) in [6.45, 7) is 6.61. The number of benzene rings is 2. The quantitative estimate of drug-likeness (QED) is 0.270. The number of urea groups is 1. The Morgan fingerprint density at radius 2 is 1.83 bits per heavy atom. The highest BCUT2D eigenvalue weighted by Gasteiger charge is 2.19. The molecule has 0 atom stereocenters. The van der Waals surface area contributed by atoms with Crippen LogP contribution in [0.1, 0.15) is 16.7 Å². The van der Waals surface area contributed by atoms with Gasteiger partial charge in [-0.15, -0.1) is 11.3 Å². The molecular weight excluding hydrogens is 476 g/mol. The van der Waals surface area contributed by atoms with Crippen molar-refractivity contribution in [2.24, 2.45) is 5.10 Å². The zero-order valence-electron chi connectivity index (χ0n) is 20.0. The topological polar surface area (TPSA) is 112 Å². The maximum absolute atomic E-state index is 12.3. The minimum atomic E-state index is -0.461. The van der Waals surface area contributed by atoms with Crippen LogP contribution in [0.4, 0.5) is 16.3 Å². The number of carbonyl (C=O) groups excluding carboxylic acids is 1. The van der Waals surface area contributed by atoms with Crippen molar-refractivity contribution in [2.75, 3.05) is 36.5 Å². The second kappa shape index (κ2) is 10.3. The van der Waals surface area contributed by atoms with E-state index < -0.39 is 6.03 Å². The van der Waals surface area contributed by atoms with Crippen molar-refractivity contribution in [3.05, 3.63) is 64.5 Å². The summed E-state index contributed by atoms with van der Waals surface area (Å²) in [4.78, 5) is 24.1. The molecule has 184 valence electrons. The summed E-state index contributed by atoms with van der Waals surface area (Å²) in [5.41, 5.74) is 7.14. The smallest absolute Gasteiger partial charge is 0.339 e. The second-order valence-electron chi connectivity index (χ2n) is 8.51. The van der Waals surface area contributed by atoms with Crippen molar-refractivity contribution < 1.29 is 14.6 Å². The van der Waals surface area contributed by atoms with E-state index in [0.29, 0.717) is 24.7 Å². The number of aromatic hydroxyl groups is 1. The van der Waals surface area contributed by atoms with Crippen LogP contribution < -0.4 is 15.6 Å². The van der Waals surface area contributed by atoms with Crippen LogP contribution in [0.3, 0.4) is 0 Å². The van der Waals surface area contributed by atoms with Gasteiger partial charge in [-0.3, -0.25) is 0 Å². The van der Waals surface area contributed by atoms with E-state index in [1.165, 1.54) is 6.21 Å². The third-order valence-electron chi connectivity index (χ3n) is 5.89. The number of ether oxygens (including phenoxy) is 1. The molecule has 2 amide bonds. The molecule has 1 fully saturated rings. The normalized spacial score (nSPS) is 13.9. The highest BCUT2D eigenvalue weighted by atomic mass is 32.1. The van der Waals surface area contributed by atoms with E-state index in [1.807, 2.05) is 37.4 Å². The second-order valence-corrected chi connectivity index (χ2v) is 9.43. The molecule has 0 spiro atoms. The van der Waals surface area contributed by atoms with E-state index in [2.05, 4.69) is 20.7 Å². The SMILES string of the molecule is Cc1cc(C=NNC(=O)Nc2ccc(-c3nc(N4CCOCC4)c4sccc4n3)cc2)cc(C)c1O. The molecule has 0 unspecified atom stereocenters. The van der Waals surface area contributed by atoms with Crippen molar-refractivity contribution in [3.8, 4) is 17.1 Å². The van der Waals surface area contributed by atoms with Gasteiger partial charge in [-0.25, -0.2) is 20.2 Å². The first kappa shape index (κ1) is 23.7. The fraction of sp³-hybridized carbons (Fsp3) is 0.231. The molecule has 36 heavy (non-hydrogen) atoms. The van der Waals surface area contributed by atoms with Gasteiger partial charge in [0.25, 0.3) is 0 Å². The summed E-state index contributed by atoms with van der Waals surface area (Å²) in [5.74, 6) is 1.84. The van der Waals surface area contributed by atoms with Crippen LogP contribution in [0.15, 0.2) is 52.9 Å². The predicted octanol–water partition coefficient (Wildman–Crippen LogP) is 4.67. The maximum atomic E-state index is 12.3. The number of thiophene rings is 1. The van der Waals surface area contributed by atoms with Crippen LogP contribution in [0.25, 0.3) is 21.6 Å². The molecule has 0 bridgehead atoms. The summed E-state index contributed by atoms with van der Waals surface area (Å²) in [6, 6.07) is 12.5. The minimum absolute atomic E-state index is 0.263. The minimum Gasteiger partial charge on any atom is -0.507 e. The Morgan fingerprint density at radius 1 is 1.11 bits per heavy atom. The fourth-order valence-electron chi connectivity index (χ4n) is 4.06. The van der Waals surface area contributed by atoms with Crippen molar-refractivity contribution in [3.63, 3.8) is 0 Å². The Morgan fingerprint density at radius 3 is 2.56 bits per heavy atom. The number of hydrazone groups is 1. The maximum Gasteiger partial charge on any atom is 0.339 e. The molecule has 4 aromatic rings. The lowest BCUT2D eigenvalue weighted by atomic mass is 10.1. The Balaban J connectivity index is 1.26. The molecule has 0 aliphatic carbocycles. The average molecular weight is 503 g/mol. The van der Waals surface area contributed by atoms with E-state index in [0.717, 1.165) is 51.4 Å². The standard InChI is InChI=1S/C26H26N6O3S/c1-16-13-18(14-17(2)22(16)33)15-27-31-26(34)28-20-5-3-19(4-6-20)24-29-21-7-12-36-23(21)25(30-24)32-8-10-35-11-9-32/h3-7,12-15,33H,8-11H2,1-2H3,(H2,28,31,34). The van der Waals surface area contributed by atoms with Crippen LogP contribution in [0.2, 0.25) is 0 Å². The summed E-state index contributed by atoms with van der Waals surface area (Å²) in [7, 11) is 0. The Kier molecular flexibility index (Phi) is 6.79. The fourth-order valence-corrected chi connectivity index (χ4v) is 4.91. The predicted molar refractivity (Wildman–Crippen MR) is 143 cm³/mol. The lowest BCUT2D eigenvalue weighted by Crippen LogP contribution is -2.36. The van der Waals surface area contributed by atoms with Crippen LogP contribution in [-0.2, 0) is 4.74 Å². The lowest BCUT2D eigenvalue weighted by molar-refractivity contribution is 0.122. The zero-order valence-corrected chi connectivity index (χ0v) is 20.8. The number of hydrogen-bond donors (Lipinski definition) is 3. The molecule has 1 aliphatic rings. The molecule has 3 heterocycles.